The molecule has 6 heteroatoms. The van der Waals surface area contributed by atoms with E-state index in [9.17, 15) is 9.59 Å². The predicted molar refractivity (Wildman–Crippen MR) is 117 cm³/mol. The van der Waals surface area contributed by atoms with Crippen LogP contribution in [0.5, 0.6) is 0 Å². The molecular formula is C24H27N3O3. The average Bonchev–Trinajstić information content (AvgIpc) is 3.18. The number of aromatic nitrogens is 1. The third-order valence-corrected chi connectivity index (χ3v) is 4.91. The molecule has 0 aliphatic carbocycles. The van der Waals surface area contributed by atoms with Crippen LogP contribution in [0.4, 0.5) is 5.69 Å². The number of likely N-dealkylation sites (N-methyl/N-ethyl adjacent to an activating group) is 1. The van der Waals surface area contributed by atoms with Crippen molar-refractivity contribution in [1.29, 1.82) is 0 Å². The molecule has 3 rings (SSSR count). The molecule has 0 radical (unpaired) electrons. The molecule has 0 saturated heterocycles. The molecule has 0 aliphatic heterocycles. The molecule has 3 aromatic rings. The molecule has 0 fully saturated rings. The first kappa shape index (κ1) is 21.3. The summed E-state index contributed by atoms with van der Waals surface area (Å²) in [5, 5.41) is 2.92. The van der Waals surface area contributed by atoms with E-state index < -0.39 is 0 Å². The van der Waals surface area contributed by atoms with E-state index in [0.717, 1.165) is 27.9 Å². The largest absolute Gasteiger partial charge is 0.441 e. The van der Waals surface area contributed by atoms with Crippen molar-refractivity contribution >= 4 is 17.5 Å². The quantitative estimate of drug-likeness (QED) is 0.636. The van der Waals surface area contributed by atoms with Crippen molar-refractivity contribution in [3.8, 4) is 11.3 Å². The van der Waals surface area contributed by atoms with Gasteiger partial charge in [0.15, 0.2) is 11.7 Å². The number of carbonyl (C=O) groups is 2. The van der Waals surface area contributed by atoms with Gasteiger partial charge < -0.3 is 14.6 Å². The van der Waals surface area contributed by atoms with Crippen LogP contribution in [0.2, 0.25) is 0 Å². The SMILES string of the molecule is Cc1cc(C)c(NC(=O)CN(C)C(=O)CCc2ncc(-c3ccccc3)o2)c(C)c1. The number of benzene rings is 2. The lowest BCUT2D eigenvalue weighted by Crippen LogP contribution is -2.35. The highest BCUT2D eigenvalue weighted by Gasteiger charge is 2.16. The molecule has 0 unspecified atom stereocenters. The van der Waals surface area contributed by atoms with E-state index in [2.05, 4.69) is 10.3 Å². The van der Waals surface area contributed by atoms with Crippen LogP contribution in [0, 0.1) is 20.8 Å². The Hall–Kier alpha value is -3.41. The van der Waals surface area contributed by atoms with E-state index in [0.29, 0.717) is 18.1 Å². The van der Waals surface area contributed by atoms with Gasteiger partial charge in [0.2, 0.25) is 11.8 Å². The zero-order valence-corrected chi connectivity index (χ0v) is 17.9. The molecule has 0 aliphatic rings. The zero-order chi connectivity index (χ0) is 21.7. The Morgan fingerprint density at radius 3 is 2.40 bits per heavy atom. The normalized spacial score (nSPS) is 10.7. The number of anilines is 1. The first-order valence-corrected chi connectivity index (χ1v) is 9.95. The zero-order valence-electron chi connectivity index (χ0n) is 17.9. The molecule has 0 atom stereocenters. The molecule has 30 heavy (non-hydrogen) atoms. The molecule has 2 aromatic carbocycles. The summed E-state index contributed by atoms with van der Waals surface area (Å²) >= 11 is 0. The Morgan fingerprint density at radius 2 is 1.73 bits per heavy atom. The van der Waals surface area contributed by atoms with Crippen LogP contribution in [0.25, 0.3) is 11.3 Å². The maximum Gasteiger partial charge on any atom is 0.243 e. The first-order chi connectivity index (χ1) is 14.3. The lowest BCUT2D eigenvalue weighted by Gasteiger charge is -2.18. The Morgan fingerprint density at radius 1 is 1.07 bits per heavy atom. The minimum Gasteiger partial charge on any atom is -0.441 e. The Kier molecular flexibility index (Phi) is 6.67. The number of nitrogens with one attached hydrogen (secondary N) is 1. The molecule has 0 bridgehead atoms. The Balaban J connectivity index is 1.51. The monoisotopic (exact) mass is 405 g/mol. The van der Waals surface area contributed by atoms with E-state index in [1.807, 2.05) is 63.2 Å². The van der Waals surface area contributed by atoms with Gasteiger partial charge >= 0.3 is 0 Å². The molecule has 2 amide bonds. The van der Waals surface area contributed by atoms with Gasteiger partial charge in [-0.15, -0.1) is 0 Å². The maximum atomic E-state index is 12.4. The van der Waals surface area contributed by atoms with Crippen molar-refractivity contribution in [2.45, 2.75) is 33.6 Å². The van der Waals surface area contributed by atoms with E-state index in [4.69, 9.17) is 4.42 Å². The number of rotatable bonds is 7. The van der Waals surface area contributed by atoms with Gasteiger partial charge in [-0.1, -0.05) is 48.0 Å². The first-order valence-electron chi connectivity index (χ1n) is 9.95. The third kappa shape index (κ3) is 5.35. The van der Waals surface area contributed by atoms with E-state index >= 15 is 0 Å². The summed E-state index contributed by atoms with van der Waals surface area (Å²) in [7, 11) is 1.63. The van der Waals surface area contributed by atoms with Gasteiger partial charge in [-0.25, -0.2) is 4.98 Å². The summed E-state index contributed by atoms with van der Waals surface area (Å²) in [6, 6.07) is 13.7. The van der Waals surface area contributed by atoms with Crippen LogP contribution in [0.1, 0.15) is 29.0 Å². The van der Waals surface area contributed by atoms with Crippen LogP contribution < -0.4 is 5.32 Å². The molecular weight excluding hydrogens is 378 g/mol. The van der Waals surface area contributed by atoms with Gasteiger partial charge in [-0.05, 0) is 31.9 Å². The maximum absolute atomic E-state index is 12.4. The van der Waals surface area contributed by atoms with Crippen LogP contribution in [0.3, 0.4) is 0 Å². The standard InChI is InChI=1S/C24H27N3O3/c1-16-12-17(2)24(18(3)13-16)26-21(28)15-27(4)23(29)11-10-22-25-14-20(30-22)19-8-6-5-7-9-19/h5-9,12-14H,10-11,15H2,1-4H3,(H,26,28). The van der Waals surface area contributed by atoms with Crippen LogP contribution >= 0.6 is 0 Å². The summed E-state index contributed by atoms with van der Waals surface area (Å²) in [5.41, 5.74) is 4.91. The molecule has 6 nitrogen and oxygen atoms in total. The molecule has 1 aromatic heterocycles. The smallest absolute Gasteiger partial charge is 0.243 e. The highest BCUT2D eigenvalue weighted by Crippen LogP contribution is 2.22. The lowest BCUT2D eigenvalue weighted by atomic mass is 10.1. The number of amides is 2. The van der Waals surface area contributed by atoms with Crippen molar-refractivity contribution in [1.82, 2.24) is 9.88 Å². The number of oxazole rings is 1. The summed E-state index contributed by atoms with van der Waals surface area (Å²) < 4.78 is 5.73. The number of aryl methyl sites for hydroxylation is 4. The van der Waals surface area contributed by atoms with Gasteiger partial charge in [0.25, 0.3) is 0 Å². The number of carbonyl (C=O) groups excluding carboxylic acids is 2. The van der Waals surface area contributed by atoms with E-state index in [1.165, 1.54) is 4.90 Å². The summed E-state index contributed by atoms with van der Waals surface area (Å²) in [4.78, 5) is 30.5. The van der Waals surface area contributed by atoms with Gasteiger partial charge in [0, 0.05) is 31.1 Å². The van der Waals surface area contributed by atoms with E-state index in [-0.39, 0.29) is 24.8 Å². The van der Waals surface area contributed by atoms with Crippen molar-refractivity contribution < 1.29 is 14.0 Å². The highest BCUT2D eigenvalue weighted by molar-refractivity contribution is 5.95. The fourth-order valence-corrected chi connectivity index (χ4v) is 3.43. The second-order valence-electron chi connectivity index (χ2n) is 7.56. The molecule has 1 heterocycles. The van der Waals surface area contributed by atoms with Crippen LogP contribution in [-0.4, -0.2) is 35.3 Å². The fraction of sp³-hybridized carbons (Fsp3) is 0.292. The van der Waals surface area contributed by atoms with Gasteiger partial charge in [0.05, 0.1) is 12.7 Å². The second-order valence-corrected chi connectivity index (χ2v) is 7.56. The number of nitrogens with zero attached hydrogens (tertiary/aromatic N) is 2. The summed E-state index contributed by atoms with van der Waals surface area (Å²) in [6.45, 7) is 5.94. The van der Waals surface area contributed by atoms with Gasteiger partial charge in [0.1, 0.15) is 0 Å². The lowest BCUT2D eigenvalue weighted by molar-refractivity contribution is -0.133. The Labute approximate surface area is 176 Å². The molecule has 1 N–H and O–H groups in total. The Bertz CT molecular complexity index is 1020. The fourth-order valence-electron chi connectivity index (χ4n) is 3.43. The highest BCUT2D eigenvalue weighted by atomic mass is 16.4. The van der Waals surface area contributed by atoms with Crippen LogP contribution in [-0.2, 0) is 16.0 Å². The molecule has 0 spiro atoms. The molecule has 0 saturated carbocycles. The number of hydrogen-bond acceptors (Lipinski definition) is 4. The van der Waals surface area contributed by atoms with Gasteiger partial charge in [-0.3, -0.25) is 9.59 Å². The van der Waals surface area contributed by atoms with Crippen molar-refractivity contribution in [2.24, 2.45) is 0 Å². The summed E-state index contributed by atoms with van der Waals surface area (Å²) in [5.74, 6) is 0.825. The van der Waals surface area contributed by atoms with Crippen molar-refractivity contribution in [3.63, 3.8) is 0 Å². The van der Waals surface area contributed by atoms with Gasteiger partial charge in [-0.2, -0.15) is 0 Å². The van der Waals surface area contributed by atoms with Crippen molar-refractivity contribution in [3.05, 3.63) is 71.2 Å². The summed E-state index contributed by atoms with van der Waals surface area (Å²) in [6.07, 6.45) is 2.27. The number of hydrogen-bond donors (Lipinski definition) is 1. The second kappa shape index (κ2) is 9.39. The third-order valence-electron chi connectivity index (χ3n) is 4.91. The molecule has 156 valence electrons. The predicted octanol–water partition coefficient (Wildman–Crippen LogP) is 4.30. The topological polar surface area (TPSA) is 75.4 Å². The average molecular weight is 405 g/mol. The van der Waals surface area contributed by atoms with Crippen molar-refractivity contribution in [2.75, 3.05) is 18.9 Å². The minimum atomic E-state index is -0.219. The minimum absolute atomic E-state index is 0.00750. The van der Waals surface area contributed by atoms with Crippen LogP contribution in [0.15, 0.2) is 53.1 Å². The van der Waals surface area contributed by atoms with E-state index in [1.54, 1.807) is 13.2 Å².